The molecule has 1 aromatic heterocycles. The Morgan fingerprint density at radius 2 is 2.00 bits per heavy atom. The zero-order valence-electron chi connectivity index (χ0n) is 20.2. The summed E-state index contributed by atoms with van der Waals surface area (Å²) >= 11 is 6.18. The number of Topliss-reactive ketones (excluding diaryl/α,β-unsaturated/α-hetero) is 1. The number of anilines is 1. The van der Waals surface area contributed by atoms with Crippen LogP contribution in [0.3, 0.4) is 0 Å². The number of nitrogens with zero attached hydrogens (tertiary/aromatic N) is 4. The quantitative estimate of drug-likeness (QED) is 0.329. The summed E-state index contributed by atoms with van der Waals surface area (Å²) in [5, 5.41) is 19.5. The molecule has 1 unspecified atom stereocenters. The first-order chi connectivity index (χ1) is 17.7. The number of hydrogen-bond donors (Lipinski definition) is 1. The minimum absolute atomic E-state index is 0.0508. The summed E-state index contributed by atoms with van der Waals surface area (Å²) in [5.41, 5.74) is 9.63. The number of allylic oxidation sites excluding steroid dienone is 3. The number of rotatable bonds is 5. The van der Waals surface area contributed by atoms with Crippen molar-refractivity contribution in [2.24, 2.45) is 11.1 Å². The fourth-order valence-corrected chi connectivity index (χ4v) is 7.06. The predicted octanol–water partition coefficient (Wildman–Crippen LogP) is 6.67. The van der Waals surface area contributed by atoms with Crippen LogP contribution in [0.25, 0.3) is 0 Å². The monoisotopic (exact) mass is 595 g/mol. The number of carbonyl (C=O) groups is 1. The third kappa shape index (κ3) is 4.96. The number of thioether (sulfide) groups is 1. The van der Waals surface area contributed by atoms with E-state index < -0.39 is 11.7 Å². The smallest absolute Gasteiger partial charge is 0.219 e. The van der Waals surface area contributed by atoms with Gasteiger partial charge in [0.2, 0.25) is 5.13 Å². The molecule has 37 heavy (non-hydrogen) atoms. The first-order valence-corrected chi connectivity index (χ1v) is 14.2. The van der Waals surface area contributed by atoms with E-state index in [2.05, 4.69) is 44.3 Å². The van der Waals surface area contributed by atoms with Crippen molar-refractivity contribution in [3.05, 3.63) is 92.6 Å². The van der Waals surface area contributed by atoms with Crippen LogP contribution in [-0.2, 0) is 10.5 Å². The molecule has 1 atom stereocenters. The van der Waals surface area contributed by atoms with Gasteiger partial charge in [-0.05, 0) is 51.0 Å². The molecule has 5 rings (SSSR count). The molecule has 2 aromatic carbocycles. The van der Waals surface area contributed by atoms with E-state index in [1.165, 1.54) is 23.0 Å². The first-order valence-electron chi connectivity index (χ1n) is 11.6. The zero-order valence-corrected chi connectivity index (χ0v) is 23.4. The Balaban J connectivity index is 1.59. The number of halogens is 2. The molecule has 2 N–H and O–H groups in total. The van der Waals surface area contributed by atoms with Crippen molar-refractivity contribution in [2.45, 2.75) is 42.7 Å². The highest BCUT2D eigenvalue weighted by Crippen LogP contribution is 2.51. The molecule has 188 valence electrons. The van der Waals surface area contributed by atoms with Gasteiger partial charge in [-0.25, -0.2) is 4.39 Å². The third-order valence-electron chi connectivity index (χ3n) is 6.45. The molecule has 0 bridgehead atoms. The molecule has 10 heteroatoms. The Kier molecular flexibility index (Phi) is 6.96. The third-order valence-corrected chi connectivity index (χ3v) is 9.17. The highest BCUT2D eigenvalue weighted by Gasteiger charge is 2.45. The first kappa shape index (κ1) is 25.6. The van der Waals surface area contributed by atoms with Crippen LogP contribution in [-0.4, -0.2) is 16.0 Å². The minimum atomic E-state index is -0.684. The SMILES string of the molecule is CC1(C)CC(=O)C2=C(C1)N(c1nnc(SCc3ccccc3)s1)C(N)=C(C#N)C2c1ccc(F)c(Br)c1. The van der Waals surface area contributed by atoms with Gasteiger partial charge in [0.25, 0.3) is 0 Å². The largest absolute Gasteiger partial charge is 0.384 e. The van der Waals surface area contributed by atoms with E-state index in [0.29, 0.717) is 29.1 Å². The maximum Gasteiger partial charge on any atom is 0.219 e. The van der Waals surface area contributed by atoms with Gasteiger partial charge in [0.15, 0.2) is 10.1 Å². The van der Waals surface area contributed by atoms with Crippen LogP contribution in [0.2, 0.25) is 0 Å². The molecule has 6 nitrogen and oxygen atoms in total. The van der Waals surface area contributed by atoms with Crippen molar-refractivity contribution in [3.63, 3.8) is 0 Å². The molecule has 3 aromatic rings. The van der Waals surface area contributed by atoms with Gasteiger partial charge in [-0.1, -0.05) is 73.3 Å². The van der Waals surface area contributed by atoms with Crippen molar-refractivity contribution >= 4 is 49.9 Å². The van der Waals surface area contributed by atoms with Gasteiger partial charge in [0, 0.05) is 23.4 Å². The number of benzene rings is 2. The lowest BCUT2D eigenvalue weighted by atomic mass is 9.69. The van der Waals surface area contributed by atoms with Crippen molar-refractivity contribution in [2.75, 3.05) is 4.90 Å². The zero-order chi connectivity index (χ0) is 26.3. The topological polar surface area (TPSA) is 95.9 Å². The molecule has 0 fully saturated rings. The van der Waals surface area contributed by atoms with E-state index in [1.54, 1.807) is 28.8 Å². The summed E-state index contributed by atoms with van der Waals surface area (Å²) < 4.78 is 15.1. The fraction of sp³-hybridized carbons (Fsp3) is 0.259. The van der Waals surface area contributed by atoms with Crippen LogP contribution in [0.1, 0.15) is 43.7 Å². The number of nitrogens with two attached hydrogens (primary N) is 1. The molecule has 0 amide bonds. The lowest BCUT2D eigenvalue weighted by Crippen LogP contribution is -2.42. The highest BCUT2D eigenvalue weighted by molar-refractivity contribution is 9.10. The average molecular weight is 597 g/mol. The lowest BCUT2D eigenvalue weighted by molar-refractivity contribution is -0.118. The van der Waals surface area contributed by atoms with Crippen molar-refractivity contribution in [1.29, 1.82) is 5.26 Å². The van der Waals surface area contributed by atoms with Crippen LogP contribution in [0.4, 0.5) is 9.52 Å². The predicted molar refractivity (Wildman–Crippen MR) is 147 cm³/mol. The van der Waals surface area contributed by atoms with E-state index in [-0.39, 0.29) is 27.1 Å². The summed E-state index contributed by atoms with van der Waals surface area (Å²) in [6.07, 6.45) is 0.907. The van der Waals surface area contributed by atoms with Gasteiger partial charge in [-0.3, -0.25) is 9.69 Å². The molecule has 0 radical (unpaired) electrons. The lowest BCUT2D eigenvalue weighted by Gasteiger charge is -2.42. The summed E-state index contributed by atoms with van der Waals surface area (Å²) in [5.74, 6) is -0.198. The van der Waals surface area contributed by atoms with Crippen LogP contribution < -0.4 is 10.6 Å². The Hall–Kier alpha value is -3.00. The molecular formula is C27H23BrFN5OS2. The highest BCUT2D eigenvalue weighted by atomic mass is 79.9. The fourth-order valence-electron chi connectivity index (χ4n) is 4.82. The summed E-state index contributed by atoms with van der Waals surface area (Å²) in [6, 6.07) is 16.9. The van der Waals surface area contributed by atoms with Gasteiger partial charge in [-0.2, -0.15) is 5.26 Å². The number of ketones is 1. The Morgan fingerprint density at radius 3 is 2.70 bits per heavy atom. The minimum Gasteiger partial charge on any atom is -0.384 e. The van der Waals surface area contributed by atoms with Gasteiger partial charge < -0.3 is 5.73 Å². The summed E-state index contributed by atoms with van der Waals surface area (Å²) in [4.78, 5) is 15.3. The van der Waals surface area contributed by atoms with Crippen molar-refractivity contribution in [3.8, 4) is 6.07 Å². The maximum atomic E-state index is 14.0. The second kappa shape index (κ2) is 10.0. The molecule has 0 spiro atoms. The second-order valence-corrected chi connectivity index (χ2v) is 12.8. The van der Waals surface area contributed by atoms with E-state index in [9.17, 15) is 14.4 Å². The van der Waals surface area contributed by atoms with Gasteiger partial charge >= 0.3 is 0 Å². The molecule has 1 aliphatic carbocycles. The second-order valence-electron chi connectivity index (χ2n) is 9.78. The van der Waals surface area contributed by atoms with Gasteiger partial charge in [0.1, 0.15) is 11.6 Å². The van der Waals surface area contributed by atoms with E-state index in [4.69, 9.17) is 5.73 Å². The number of hydrogen-bond acceptors (Lipinski definition) is 8. The Labute approximate surface area is 231 Å². The average Bonchev–Trinajstić information content (AvgIpc) is 3.32. The van der Waals surface area contributed by atoms with Crippen molar-refractivity contribution in [1.82, 2.24) is 10.2 Å². The van der Waals surface area contributed by atoms with E-state index in [0.717, 1.165) is 15.8 Å². The van der Waals surface area contributed by atoms with Crippen LogP contribution in [0.5, 0.6) is 0 Å². The van der Waals surface area contributed by atoms with Crippen molar-refractivity contribution < 1.29 is 9.18 Å². The van der Waals surface area contributed by atoms with Crippen LogP contribution in [0.15, 0.2) is 80.0 Å². The number of carbonyl (C=O) groups excluding carboxylic acids is 1. The molecule has 1 aliphatic heterocycles. The molecule has 0 saturated heterocycles. The molecule has 0 saturated carbocycles. The summed E-state index contributed by atoms with van der Waals surface area (Å²) in [6.45, 7) is 4.08. The van der Waals surface area contributed by atoms with Gasteiger partial charge in [0.05, 0.1) is 22.0 Å². The van der Waals surface area contributed by atoms with Crippen LogP contribution in [0, 0.1) is 22.6 Å². The normalized spacial score (nSPS) is 19.2. The Bertz CT molecular complexity index is 1490. The molecular weight excluding hydrogens is 573 g/mol. The van der Waals surface area contributed by atoms with Gasteiger partial charge in [-0.15, -0.1) is 10.2 Å². The standard InChI is InChI=1S/C27H23BrFN5OS2/c1-27(2)11-20-23(21(35)12-27)22(16-8-9-19(29)18(28)10-16)17(13-30)24(31)34(20)25-32-33-26(37-25)36-14-15-6-4-3-5-7-15/h3-10,22H,11-12,14,31H2,1-2H3. The Morgan fingerprint density at radius 1 is 1.24 bits per heavy atom. The maximum absolute atomic E-state index is 14.0. The molecule has 2 heterocycles. The van der Waals surface area contributed by atoms with Crippen LogP contribution >= 0.6 is 39.0 Å². The van der Waals surface area contributed by atoms with E-state index >= 15 is 0 Å². The van der Waals surface area contributed by atoms with E-state index in [1.807, 2.05) is 32.0 Å². The molecule has 2 aliphatic rings. The number of aromatic nitrogens is 2. The summed E-state index contributed by atoms with van der Waals surface area (Å²) in [7, 11) is 0. The number of nitriles is 1.